The maximum Gasteiger partial charge on any atom is 0.343 e. The fraction of sp³-hybridized carbons (Fsp3) is 0.474. The van der Waals surface area contributed by atoms with Crippen LogP contribution >= 0.6 is 0 Å². The molecule has 1 aromatic carbocycles. The van der Waals surface area contributed by atoms with Crippen LogP contribution in [0.25, 0.3) is 0 Å². The molecular formula is C19H23N5O3. The monoisotopic (exact) mass is 369 g/mol. The van der Waals surface area contributed by atoms with Crippen molar-refractivity contribution in [3.8, 4) is 0 Å². The molecule has 8 nitrogen and oxygen atoms in total. The lowest BCUT2D eigenvalue weighted by Crippen LogP contribution is -2.42. The van der Waals surface area contributed by atoms with Crippen molar-refractivity contribution in [1.29, 1.82) is 0 Å². The standard InChI is InChI=1S/C19H23N5O3/c25-16-10-15(11-20-16)18(26)23-8-6-14(7-9-23)17-21-22-19(27)24(17)12-13-4-2-1-3-5-13/h1-5,14-15H,6-12H2,(H,20,25)(H,22,27)/t15-/m0/s1. The Balaban J connectivity index is 1.42. The summed E-state index contributed by atoms with van der Waals surface area (Å²) in [5.41, 5.74) is 0.844. The molecule has 4 rings (SSSR count). The van der Waals surface area contributed by atoms with Gasteiger partial charge in [-0.05, 0) is 18.4 Å². The molecule has 0 aliphatic carbocycles. The average molecular weight is 369 g/mol. The normalized spacial score (nSPS) is 20.7. The molecule has 2 aliphatic heterocycles. The number of benzene rings is 1. The maximum atomic E-state index is 12.6. The van der Waals surface area contributed by atoms with Crippen molar-refractivity contribution in [2.45, 2.75) is 31.7 Å². The zero-order chi connectivity index (χ0) is 18.8. The number of hydrogen-bond donors (Lipinski definition) is 2. The number of aromatic amines is 1. The summed E-state index contributed by atoms with van der Waals surface area (Å²) in [5.74, 6) is 0.657. The molecule has 2 fully saturated rings. The van der Waals surface area contributed by atoms with Crippen molar-refractivity contribution in [2.75, 3.05) is 19.6 Å². The number of hydrogen-bond acceptors (Lipinski definition) is 4. The molecule has 0 unspecified atom stereocenters. The molecule has 0 spiro atoms. The van der Waals surface area contributed by atoms with E-state index in [1.165, 1.54) is 0 Å². The highest BCUT2D eigenvalue weighted by Crippen LogP contribution is 2.27. The van der Waals surface area contributed by atoms with Crippen molar-refractivity contribution in [1.82, 2.24) is 25.0 Å². The van der Waals surface area contributed by atoms with Gasteiger partial charge in [0.2, 0.25) is 11.8 Å². The number of rotatable bonds is 4. The smallest absolute Gasteiger partial charge is 0.343 e. The van der Waals surface area contributed by atoms with E-state index in [1.807, 2.05) is 35.2 Å². The van der Waals surface area contributed by atoms with Crippen LogP contribution in [0.15, 0.2) is 35.1 Å². The molecule has 2 saturated heterocycles. The molecular weight excluding hydrogens is 346 g/mol. The zero-order valence-electron chi connectivity index (χ0n) is 15.1. The molecule has 142 valence electrons. The highest BCUT2D eigenvalue weighted by molar-refractivity contribution is 5.89. The van der Waals surface area contributed by atoms with Gasteiger partial charge in [0.15, 0.2) is 0 Å². The third kappa shape index (κ3) is 3.65. The number of amides is 2. The topological polar surface area (TPSA) is 100 Å². The molecule has 3 heterocycles. The van der Waals surface area contributed by atoms with Gasteiger partial charge in [0.25, 0.3) is 0 Å². The second kappa shape index (κ2) is 7.38. The first kappa shape index (κ1) is 17.5. The van der Waals surface area contributed by atoms with Crippen LogP contribution in [0, 0.1) is 5.92 Å². The van der Waals surface area contributed by atoms with Gasteiger partial charge in [0.05, 0.1) is 12.5 Å². The van der Waals surface area contributed by atoms with E-state index in [-0.39, 0.29) is 35.8 Å². The first-order valence-electron chi connectivity index (χ1n) is 9.36. The van der Waals surface area contributed by atoms with Gasteiger partial charge in [0, 0.05) is 32.0 Å². The summed E-state index contributed by atoms with van der Waals surface area (Å²) in [5, 5.41) is 9.55. The largest absolute Gasteiger partial charge is 0.355 e. The number of carbonyl (C=O) groups is 2. The molecule has 2 amide bonds. The summed E-state index contributed by atoms with van der Waals surface area (Å²) in [6.45, 7) is 2.18. The van der Waals surface area contributed by atoms with E-state index in [4.69, 9.17) is 0 Å². The van der Waals surface area contributed by atoms with Gasteiger partial charge in [0.1, 0.15) is 5.82 Å². The highest BCUT2D eigenvalue weighted by atomic mass is 16.2. The molecule has 27 heavy (non-hydrogen) atoms. The van der Waals surface area contributed by atoms with Crippen LogP contribution in [0.2, 0.25) is 0 Å². The minimum Gasteiger partial charge on any atom is -0.355 e. The lowest BCUT2D eigenvalue weighted by atomic mass is 9.94. The number of piperidine rings is 1. The highest BCUT2D eigenvalue weighted by Gasteiger charge is 2.34. The Kier molecular flexibility index (Phi) is 4.79. The third-order valence-electron chi connectivity index (χ3n) is 5.47. The number of nitrogens with one attached hydrogen (secondary N) is 2. The molecule has 0 radical (unpaired) electrons. The van der Waals surface area contributed by atoms with Crippen molar-refractivity contribution in [3.63, 3.8) is 0 Å². The SMILES string of the molecule is O=C1C[C@H](C(=O)N2CCC(c3n[nH]c(=O)n3Cc3ccccc3)CC2)CN1. The first-order valence-corrected chi connectivity index (χ1v) is 9.36. The zero-order valence-corrected chi connectivity index (χ0v) is 15.1. The second-order valence-electron chi connectivity index (χ2n) is 7.26. The first-order chi connectivity index (χ1) is 13.1. The van der Waals surface area contributed by atoms with E-state index in [0.717, 1.165) is 24.2 Å². The fourth-order valence-electron chi connectivity index (χ4n) is 3.96. The van der Waals surface area contributed by atoms with E-state index in [1.54, 1.807) is 4.57 Å². The van der Waals surface area contributed by atoms with Gasteiger partial charge in [-0.15, -0.1) is 0 Å². The summed E-state index contributed by atoms with van der Waals surface area (Å²) in [7, 11) is 0. The number of aromatic nitrogens is 3. The van der Waals surface area contributed by atoms with E-state index >= 15 is 0 Å². The van der Waals surface area contributed by atoms with Crippen molar-refractivity contribution >= 4 is 11.8 Å². The molecule has 1 aromatic heterocycles. The molecule has 0 saturated carbocycles. The van der Waals surface area contributed by atoms with Crippen LogP contribution in [-0.2, 0) is 16.1 Å². The lowest BCUT2D eigenvalue weighted by Gasteiger charge is -2.33. The Morgan fingerprint density at radius 3 is 2.56 bits per heavy atom. The Morgan fingerprint density at radius 2 is 1.89 bits per heavy atom. The predicted octanol–water partition coefficient (Wildman–Crippen LogP) is 0.462. The number of carbonyl (C=O) groups excluding carboxylic acids is 2. The Hall–Kier alpha value is -2.90. The Labute approximate surface area is 156 Å². The summed E-state index contributed by atoms with van der Waals surface area (Å²) in [6, 6.07) is 9.82. The van der Waals surface area contributed by atoms with Gasteiger partial charge in [-0.2, -0.15) is 5.10 Å². The van der Waals surface area contributed by atoms with Crippen LogP contribution in [-0.4, -0.2) is 51.1 Å². The van der Waals surface area contributed by atoms with E-state index in [2.05, 4.69) is 15.5 Å². The van der Waals surface area contributed by atoms with Gasteiger partial charge >= 0.3 is 5.69 Å². The summed E-state index contributed by atoms with van der Waals surface area (Å²) < 4.78 is 1.69. The van der Waals surface area contributed by atoms with Crippen molar-refractivity contribution in [2.24, 2.45) is 5.92 Å². The van der Waals surface area contributed by atoms with Gasteiger partial charge < -0.3 is 10.2 Å². The van der Waals surface area contributed by atoms with Gasteiger partial charge in [-0.25, -0.2) is 9.89 Å². The van der Waals surface area contributed by atoms with Crippen molar-refractivity contribution in [3.05, 3.63) is 52.2 Å². The average Bonchev–Trinajstić information content (AvgIpc) is 3.29. The number of H-pyrrole nitrogens is 1. The van der Waals surface area contributed by atoms with E-state index in [0.29, 0.717) is 26.2 Å². The second-order valence-corrected chi connectivity index (χ2v) is 7.26. The van der Waals surface area contributed by atoms with E-state index in [9.17, 15) is 14.4 Å². The van der Waals surface area contributed by atoms with Gasteiger partial charge in [-0.1, -0.05) is 30.3 Å². The molecule has 0 bridgehead atoms. The molecule has 1 atom stereocenters. The summed E-state index contributed by atoms with van der Waals surface area (Å²) in [6.07, 6.45) is 1.81. The van der Waals surface area contributed by atoms with Crippen LogP contribution in [0.3, 0.4) is 0 Å². The minimum atomic E-state index is -0.240. The van der Waals surface area contributed by atoms with E-state index < -0.39 is 0 Å². The lowest BCUT2D eigenvalue weighted by molar-refractivity contribution is -0.136. The van der Waals surface area contributed by atoms with Gasteiger partial charge in [-0.3, -0.25) is 14.2 Å². The summed E-state index contributed by atoms with van der Waals surface area (Å²) >= 11 is 0. The van der Waals surface area contributed by atoms with Crippen LogP contribution in [0.4, 0.5) is 0 Å². The molecule has 2 aliphatic rings. The van der Waals surface area contributed by atoms with Crippen molar-refractivity contribution < 1.29 is 9.59 Å². The maximum absolute atomic E-state index is 12.6. The number of likely N-dealkylation sites (tertiary alicyclic amines) is 1. The third-order valence-corrected chi connectivity index (χ3v) is 5.47. The fourth-order valence-corrected chi connectivity index (χ4v) is 3.96. The summed E-state index contributed by atoms with van der Waals surface area (Å²) in [4.78, 5) is 37.9. The number of nitrogens with zero attached hydrogens (tertiary/aromatic N) is 3. The molecule has 2 N–H and O–H groups in total. The molecule has 2 aromatic rings. The van der Waals surface area contributed by atoms with Crippen LogP contribution < -0.4 is 11.0 Å². The minimum absolute atomic E-state index is 0.0512. The van der Waals surface area contributed by atoms with Crippen LogP contribution in [0.5, 0.6) is 0 Å². The van der Waals surface area contributed by atoms with Crippen LogP contribution in [0.1, 0.15) is 36.6 Å². The molecule has 8 heteroatoms. The Morgan fingerprint density at radius 1 is 1.15 bits per heavy atom. The Bertz CT molecular complexity index is 880. The quantitative estimate of drug-likeness (QED) is 0.818. The predicted molar refractivity (Wildman–Crippen MR) is 98.1 cm³/mol.